The SMILES string of the molecule is CC(CCCCC(=O)c1ccccc1)c1ccccc1. The molecule has 2 aromatic carbocycles. The van der Waals surface area contributed by atoms with Gasteiger partial charge in [0.25, 0.3) is 0 Å². The molecule has 1 unspecified atom stereocenters. The maximum Gasteiger partial charge on any atom is 0.162 e. The van der Waals surface area contributed by atoms with Gasteiger partial charge in [-0.05, 0) is 24.3 Å². The van der Waals surface area contributed by atoms with E-state index < -0.39 is 0 Å². The van der Waals surface area contributed by atoms with Gasteiger partial charge in [-0.2, -0.15) is 0 Å². The Morgan fingerprint density at radius 3 is 2.15 bits per heavy atom. The van der Waals surface area contributed by atoms with Gasteiger partial charge in [0, 0.05) is 12.0 Å². The number of rotatable bonds is 7. The Morgan fingerprint density at radius 1 is 0.900 bits per heavy atom. The topological polar surface area (TPSA) is 17.1 Å². The van der Waals surface area contributed by atoms with Crippen LogP contribution in [0, 0.1) is 0 Å². The molecule has 0 saturated heterocycles. The average Bonchev–Trinajstić information content (AvgIpc) is 2.53. The minimum absolute atomic E-state index is 0.262. The van der Waals surface area contributed by atoms with E-state index in [2.05, 4.69) is 37.3 Å². The standard InChI is InChI=1S/C19H22O/c1-16(17-11-4-2-5-12-17)10-8-9-15-19(20)18-13-6-3-7-14-18/h2-7,11-14,16H,8-10,15H2,1H3. The van der Waals surface area contributed by atoms with Crippen LogP contribution in [0.15, 0.2) is 60.7 Å². The van der Waals surface area contributed by atoms with E-state index in [1.54, 1.807) is 0 Å². The van der Waals surface area contributed by atoms with Crippen LogP contribution >= 0.6 is 0 Å². The monoisotopic (exact) mass is 266 g/mol. The largest absolute Gasteiger partial charge is 0.294 e. The normalized spacial score (nSPS) is 12.1. The molecule has 1 atom stereocenters. The van der Waals surface area contributed by atoms with Crippen LogP contribution in [-0.2, 0) is 0 Å². The predicted molar refractivity (Wildman–Crippen MR) is 84.1 cm³/mol. The summed E-state index contributed by atoms with van der Waals surface area (Å²) in [6, 6.07) is 20.2. The first-order chi connectivity index (χ1) is 9.77. The lowest BCUT2D eigenvalue weighted by atomic mass is 9.94. The first-order valence-corrected chi connectivity index (χ1v) is 7.40. The molecule has 2 rings (SSSR count). The molecule has 0 aromatic heterocycles. The van der Waals surface area contributed by atoms with Gasteiger partial charge >= 0.3 is 0 Å². The van der Waals surface area contributed by atoms with Gasteiger partial charge in [-0.1, -0.05) is 74.0 Å². The van der Waals surface area contributed by atoms with Gasteiger partial charge in [-0.25, -0.2) is 0 Å². The molecular weight excluding hydrogens is 244 g/mol. The lowest BCUT2D eigenvalue weighted by Crippen LogP contribution is -1.99. The van der Waals surface area contributed by atoms with Crippen LogP contribution in [0.25, 0.3) is 0 Å². The molecule has 0 spiro atoms. The van der Waals surface area contributed by atoms with Gasteiger partial charge < -0.3 is 0 Å². The van der Waals surface area contributed by atoms with Crippen LogP contribution < -0.4 is 0 Å². The van der Waals surface area contributed by atoms with Crippen molar-refractivity contribution < 1.29 is 4.79 Å². The van der Waals surface area contributed by atoms with Crippen LogP contribution in [0.2, 0.25) is 0 Å². The van der Waals surface area contributed by atoms with E-state index in [-0.39, 0.29) is 5.78 Å². The highest BCUT2D eigenvalue weighted by Crippen LogP contribution is 2.21. The van der Waals surface area contributed by atoms with Gasteiger partial charge in [-0.3, -0.25) is 4.79 Å². The van der Waals surface area contributed by atoms with Crippen LogP contribution in [0.4, 0.5) is 0 Å². The minimum Gasteiger partial charge on any atom is -0.294 e. The van der Waals surface area contributed by atoms with E-state index in [1.165, 1.54) is 5.56 Å². The molecule has 0 heterocycles. The summed E-state index contributed by atoms with van der Waals surface area (Å²) in [5.41, 5.74) is 2.23. The molecule has 20 heavy (non-hydrogen) atoms. The maximum absolute atomic E-state index is 12.0. The Morgan fingerprint density at radius 2 is 1.50 bits per heavy atom. The summed E-state index contributed by atoms with van der Waals surface area (Å²) < 4.78 is 0. The van der Waals surface area contributed by atoms with Crippen LogP contribution in [0.1, 0.15) is 54.4 Å². The fraction of sp³-hybridized carbons (Fsp3) is 0.316. The summed E-state index contributed by atoms with van der Waals surface area (Å²) in [5, 5.41) is 0. The van der Waals surface area contributed by atoms with Crippen molar-refractivity contribution in [2.75, 3.05) is 0 Å². The van der Waals surface area contributed by atoms with E-state index in [9.17, 15) is 4.79 Å². The summed E-state index contributed by atoms with van der Waals surface area (Å²) >= 11 is 0. The summed E-state index contributed by atoms with van der Waals surface area (Å²) in [6.45, 7) is 2.26. The van der Waals surface area contributed by atoms with E-state index in [0.717, 1.165) is 24.8 Å². The van der Waals surface area contributed by atoms with Crippen LogP contribution in [0.3, 0.4) is 0 Å². The Kier molecular flexibility index (Phi) is 5.55. The van der Waals surface area contributed by atoms with Crippen LogP contribution in [-0.4, -0.2) is 5.78 Å². The second-order valence-electron chi connectivity index (χ2n) is 5.35. The zero-order valence-electron chi connectivity index (χ0n) is 12.1. The van der Waals surface area contributed by atoms with Crippen molar-refractivity contribution in [3.63, 3.8) is 0 Å². The lowest BCUT2D eigenvalue weighted by molar-refractivity contribution is 0.0979. The maximum atomic E-state index is 12.0. The Labute approximate surface area is 121 Å². The summed E-state index contributed by atoms with van der Waals surface area (Å²) in [5.74, 6) is 0.834. The minimum atomic E-state index is 0.262. The van der Waals surface area contributed by atoms with Crippen molar-refractivity contribution >= 4 is 5.78 Å². The third kappa shape index (κ3) is 4.34. The number of carbonyl (C=O) groups excluding carboxylic acids is 1. The van der Waals surface area contributed by atoms with Gasteiger partial charge in [0.2, 0.25) is 0 Å². The molecular formula is C19H22O. The van der Waals surface area contributed by atoms with Crippen molar-refractivity contribution in [3.05, 3.63) is 71.8 Å². The molecule has 0 N–H and O–H groups in total. The molecule has 0 amide bonds. The summed E-state index contributed by atoms with van der Waals surface area (Å²) in [7, 11) is 0. The highest BCUT2D eigenvalue weighted by Gasteiger charge is 2.07. The van der Waals surface area contributed by atoms with Crippen molar-refractivity contribution in [1.29, 1.82) is 0 Å². The Balaban J connectivity index is 1.71. The highest BCUT2D eigenvalue weighted by atomic mass is 16.1. The number of hydrogen-bond acceptors (Lipinski definition) is 1. The number of carbonyl (C=O) groups is 1. The zero-order valence-corrected chi connectivity index (χ0v) is 12.1. The van der Waals surface area contributed by atoms with E-state index in [4.69, 9.17) is 0 Å². The quantitative estimate of drug-likeness (QED) is 0.495. The average molecular weight is 266 g/mol. The first-order valence-electron chi connectivity index (χ1n) is 7.40. The molecule has 0 aliphatic carbocycles. The second kappa shape index (κ2) is 7.64. The van der Waals surface area contributed by atoms with Crippen molar-refractivity contribution in [2.45, 2.75) is 38.5 Å². The number of Topliss-reactive ketones (excluding diaryl/α,β-unsaturated/α-hetero) is 1. The number of ketones is 1. The van der Waals surface area contributed by atoms with Gasteiger partial charge in [-0.15, -0.1) is 0 Å². The Hall–Kier alpha value is -1.89. The molecule has 0 aliphatic rings. The lowest BCUT2D eigenvalue weighted by Gasteiger charge is -2.11. The molecule has 1 heteroatoms. The third-order valence-electron chi connectivity index (χ3n) is 3.76. The molecule has 0 fully saturated rings. The van der Waals surface area contributed by atoms with Crippen LogP contribution in [0.5, 0.6) is 0 Å². The second-order valence-corrected chi connectivity index (χ2v) is 5.35. The smallest absolute Gasteiger partial charge is 0.162 e. The van der Waals surface area contributed by atoms with Crippen molar-refractivity contribution in [3.8, 4) is 0 Å². The third-order valence-corrected chi connectivity index (χ3v) is 3.76. The molecule has 0 saturated carbocycles. The molecule has 2 aromatic rings. The molecule has 0 bridgehead atoms. The number of hydrogen-bond donors (Lipinski definition) is 0. The summed E-state index contributed by atoms with van der Waals surface area (Å²) in [6.07, 6.45) is 3.89. The fourth-order valence-electron chi connectivity index (χ4n) is 2.45. The molecule has 104 valence electrons. The van der Waals surface area contributed by atoms with Crippen molar-refractivity contribution in [2.24, 2.45) is 0 Å². The highest BCUT2D eigenvalue weighted by molar-refractivity contribution is 5.95. The number of benzene rings is 2. The number of unbranched alkanes of at least 4 members (excludes halogenated alkanes) is 1. The molecule has 1 nitrogen and oxygen atoms in total. The fourth-order valence-corrected chi connectivity index (χ4v) is 2.45. The van der Waals surface area contributed by atoms with Gasteiger partial charge in [0.05, 0.1) is 0 Å². The van der Waals surface area contributed by atoms with E-state index in [0.29, 0.717) is 12.3 Å². The molecule has 0 radical (unpaired) electrons. The molecule has 0 aliphatic heterocycles. The zero-order chi connectivity index (χ0) is 14.2. The van der Waals surface area contributed by atoms with Gasteiger partial charge in [0.15, 0.2) is 5.78 Å². The van der Waals surface area contributed by atoms with Crippen molar-refractivity contribution in [1.82, 2.24) is 0 Å². The van der Waals surface area contributed by atoms with E-state index >= 15 is 0 Å². The summed E-state index contributed by atoms with van der Waals surface area (Å²) in [4.78, 5) is 12.0. The first kappa shape index (κ1) is 14.5. The Bertz CT molecular complexity index is 516. The predicted octanol–water partition coefficient (Wildman–Crippen LogP) is 5.23. The van der Waals surface area contributed by atoms with E-state index in [1.807, 2.05) is 30.3 Å². The van der Waals surface area contributed by atoms with Gasteiger partial charge in [0.1, 0.15) is 0 Å².